The average molecular weight is 258 g/mol. The Labute approximate surface area is 109 Å². The number of hydrogen-bond acceptors (Lipinski definition) is 4. The molecule has 5 nitrogen and oxygen atoms in total. The third-order valence-corrected chi connectivity index (χ3v) is 3.07. The van der Waals surface area contributed by atoms with Gasteiger partial charge >= 0.3 is 6.09 Å². The number of carbonyl (C=O) groups excluding carboxylic acids is 1. The molecule has 0 radical (unpaired) electrons. The van der Waals surface area contributed by atoms with E-state index in [0.717, 1.165) is 0 Å². The van der Waals surface area contributed by atoms with Crippen molar-refractivity contribution >= 4 is 6.09 Å². The van der Waals surface area contributed by atoms with Crippen LogP contribution < -0.4 is 5.32 Å². The van der Waals surface area contributed by atoms with Gasteiger partial charge in [0.15, 0.2) is 0 Å². The number of likely N-dealkylation sites (tertiary alicyclic amines) is 1. The highest BCUT2D eigenvalue weighted by Crippen LogP contribution is 2.16. The van der Waals surface area contributed by atoms with Gasteiger partial charge in [0, 0.05) is 25.7 Å². The summed E-state index contributed by atoms with van der Waals surface area (Å²) < 4.78 is 5.27. The summed E-state index contributed by atoms with van der Waals surface area (Å²) >= 11 is 0. The van der Waals surface area contributed by atoms with E-state index in [9.17, 15) is 9.90 Å². The van der Waals surface area contributed by atoms with Crippen LogP contribution in [0, 0.1) is 0 Å². The molecule has 0 aliphatic carbocycles. The SMILES string of the molecule is CCC(C)(O)CNC1CN(C(=O)OC(C)(C)C)C1. The number of hydrogen-bond donors (Lipinski definition) is 2. The number of ether oxygens (including phenoxy) is 1. The lowest BCUT2D eigenvalue weighted by Crippen LogP contribution is -2.62. The van der Waals surface area contributed by atoms with Gasteiger partial charge in [-0.25, -0.2) is 4.79 Å². The highest BCUT2D eigenvalue weighted by atomic mass is 16.6. The van der Waals surface area contributed by atoms with Crippen LogP contribution in [-0.2, 0) is 4.74 Å². The number of rotatable bonds is 4. The van der Waals surface area contributed by atoms with E-state index in [1.165, 1.54) is 0 Å². The number of carbonyl (C=O) groups is 1. The smallest absolute Gasteiger partial charge is 0.410 e. The fourth-order valence-electron chi connectivity index (χ4n) is 1.57. The van der Waals surface area contributed by atoms with Gasteiger partial charge in [-0.1, -0.05) is 6.92 Å². The lowest BCUT2D eigenvalue weighted by molar-refractivity contribution is 0.000160. The largest absolute Gasteiger partial charge is 0.444 e. The van der Waals surface area contributed by atoms with Crippen LogP contribution in [-0.4, -0.2) is 53.0 Å². The topological polar surface area (TPSA) is 61.8 Å². The normalized spacial score (nSPS) is 20.2. The predicted octanol–water partition coefficient (Wildman–Crippen LogP) is 1.36. The molecule has 1 saturated heterocycles. The van der Waals surface area contributed by atoms with Crippen LogP contribution in [0.2, 0.25) is 0 Å². The number of amides is 1. The zero-order chi connectivity index (χ0) is 14.0. The van der Waals surface area contributed by atoms with E-state index in [4.69, 9.17) is 4.74 Å². The Hall–Kier alpha value is -0.810. The van der Waals surface area contributed by atoms with Gasteiger partial charge in [-0.05, 0) is 34.1 Å². The Morgan fingerprint density at radius 1 is 1.39 bits per heavy atom. The van der Waals surface area contributed by atoms with Crippen molar-refractivity contribution in [1.29, 1.82) is 0 Å². The molecule has 1 rings (SSSR count). The Morgan fingerprint density at radius 3 is 2.39 bits per heavy atom. The van der Waals surface area contributed by atoms with E-state index in [1.807, 2.05) is 34.6 Å². The molecule has 0 saturated carbocycles. The second kappa shape index (κ2) is 5.45. The van der Waals surface area contributed by atoms with Gasteiger partial charge in [0.1, 0.15) is 5.60 Å². The van der Waals surface area contributed by atoms with Gasteiger partial charge < -0.3 is 20.1 Å². The first-order valence-corrected chi connectivity index (χ1v) is 6.56. The van der Waals surface area contributed by atoms with Crippen LogP contribution in [0.3, 0.4) is 0 Å². The molecule has 0 bridgehead atoms. The Morgan fingerprint density at radius 2 is 1.94 bits per heavy atom. The van der Waals surface area contributed by atoms with Crippen LogP contribution in [0.5, 0.6) is 0 Å². The first kappa shape index (κ1) is 15.2. The number of aliphatic hydroxyl groups is 1. The molecule has 1 aliphatic rings. The molecule has 1 atom stereocenters. The fraction of sp³-hybridized carbons (Fsp3) is 0.923. The fourth-order valence-corrected chi connectivity index (χ4v) is 1.57. The highest BCUT2D eigenvalue weighted by Gasteiger charge is 2.34. The monoisotopic (exact) mass is 258 g/mol. The third kappa shape index (κ3) is 4.82. The first-order valence-electron chi connectivity index (χ1n) is 6.56. The molecule has 0 aromatic carbocycles. The highest BCUT2D eigenvalue weighted by molar-refractivity contribution is 5.69. The Bertz CT molecular complexity index is 291. The quantitative estimate of drug-likeness (QED) is 0.799. The van der Waals surface area contributed by atoms with Crippen molar-refractivity contribution in [2.75, 3.05) is 19.6 Å². The van der Waals surface area contributed by atoms with Crippen LogP contribution >= 0.6 is 0 Å². The van der Waals surface area contributed by atoms with E-state index < -0.39 is 11.2 Å². The number of nitrogens with zero attached hydrogens (tertiary/aromatic N) is 1. The lowest BCUT2D eigenvalue weighted by Gasteiger charge is -2.41. The maximum Gasteiger partial charge on any atom is 0.410 e. The van der Waals surface area contributed by atoms with Gasteiger partial charge in [-0.2, -0.15) is 0 Å². The summed E-state index contributed by atoms with van der Waals surface area (Å²) in [6.45, 7) is 11.2. The number of nitrogens with one attached hydrogen (secondary N) is 1. The van der Waals surface area contributed by atoms with Crippen molar-refractivity contribution in [2.45, 2.75) is 58.3 Å². The van der Waals surface area contributed by atoms with Gasteiger partial charge in [0.2, 0.25) is 0 Å². The Kier molecular flexibility index (Phi) is 4.61. The molecule has 1 heterocycles. The van der Waals surface area contributed by atoms with E-state index in [0.29, 0.717) is 26.1 Å². The van der Waals surface area contributed by atoms with Crippen molar-refractivity contribution in [3.63, 3.8) is 0 Å². The summed E-state index contributed by atoms with van der Waals surface area (Å²) in [4.78, 5) is 13.3. The molecule has 5 heteroatoms. The van der Waals surface area contributed by atoms with Crippen LogP contribution in [0.15, 0.2) is 0 Å². The minimum atomic E-state index is -0.674. The van der Waals surface area contributed by atoms with Crippen LogP contribution in [0.4, 0.5) is 4.79 Å². The summed E-state index contributed by atoms with van der Waals surface area (Å²) in [6, 6.07) is 0.260. The maximum atomic E-state index is 11.7. The summed E-state index contributed by atoms with van der Waals surface area (Å²) in [5.74, 6) is 0. The summed E-state index contributed by atoms with van der Waals surface area (Å²) in [6.07, 6.45) is 0.450. The zero-order valence-corrected chi connectivity index (χ0v) is 12.1. The molecule has 106 valence electrons. The minimum absolute atomic E-state index is 0.260. The standard InChI is InChI=1S/C13H26N2O3/c1-6-13(5,17)9-14-10-7-15(8-10)11(16)18-12(2,3)4/h10,14,17H,6-9H2,1-5H3. The molecule has 0 spiro atoms. The van der Waals surface area contributed by atoms with Gasteiger partial charge in [0.25, 0.3) is 0 Å². The summed E-state index contributed by atoms with van der Waals surface area (Å²) in [5, 5.41) is 13.1. The van der Waals surface area contributed by atoms with E-state index in [2.05, 4.69) is 5.32 Å². The summed E-state index contributed by atoms with van der Waals surface area (Å²) in [5.41, 5.74) is -1.12. The molecule has 18 heavy (non-hydrogen) atoms. The third-order valence-electron chi connectivity index (χ3n) is 3.07. The van der Waals surface area contributed by atoms with Crippen molar-refractivity contribution in [2.24, 2.45) is 0 Å². The molecular formula is C13H26N2O3. The zero-order valence-electron chi connectivity index (χ0n) is 12.1. The first-order chi connectivity index (χ1) is 8.13. The molecule has 1 fully saturated rings. The van der Waals surface area contributed by atoms with Crippen molar-refractivity contribution in [3.05, 3.63) is 0 Å². The van der Waals surface area contributed by atoms with Gasteiger partial charge in [-0.15, -0.1) is 0 Å². The van der Waals surface area contributed by atoms with E-state index in [1.54, 1.807) is 4.90 Å². The molecule has 1 aliphatic heterocycles. The predicted molar refractivity (Wildman–Crippen MR) is 70.5 cm³/mol. The molecule has 0 aromatic rings. The molecule has 0 aromatic heterocycles. The van der Waals surface area contributed by atoms with Crippen LogP contribution in [0.1, 0.15) is 41.0 Å². The molecular weight excluding hydrogens is 232 g/mol. The minimum Gasteiger partial charge on any atom is -0.444 e. The lowest BCUT2D eigenvalue weighted by atomic mass is 10.0. The second-order valence-corrected chi connectivity index (χ2v) is 6.31. The molecule has 1 unspecified atom stereocenters. The maximum absolute atomic E-state index is 11.7. The average Bonchev–Trinajstić information content (AvgIpc) is 2.12. The van der Waals surface area contributed by atoms with Crippen LogP contribution in [0.25, 0.3) is 0 Å². The van der Waals surface area contributed by atoms with E-state index >= 15 is 0 Å². The van der Waals surface area contributed by atoms with E-state index in [-0.39, 0.29) is 12.1 Å². The van der Waals surface area contributed by atoms with Gasteiger partial charge in [0.05, 0.1) is 5.60 Å². The van der Waals surface area contributed by atoms with Crippen molar-refractivity contribution in [3.8, 4) is 0 Å². The second-order valence-electron chi connectivity index (χ2n) is 6.31. The van der Waals surface area contributed by atoms with Crippen molar-refractivity contribution < 1.29 is 14.6 Å². The summed E-state index contributed by atoms with van der Waals surface area (Å²) in [7, 11) is 0. The Balaban J connectivity index is 2.22. The van der Waals surface area contributed by atoms with Gasteiger partial charge in [-0.3, -0.25) is 0 Å². The molecule has 2 N–H and O–H groups in total. The molecule has 1 amide bonds. The van der Waals surface area contributed by atoms with Crippen molar-refractivity contribution in [1.82, 2.24) is 10.2 Å².